The molecule has 0 radical (unpaired) electrons. The molecule has 0 fully saturated rings. The summed E-state index contributed by atoms with van der Waals surface area (Å²) >= 11 is 7.63. The SMILES string of the molecule is COc1ccc(CSc2nc3ccc(Cl)cc3c(=O)n2CC(C)C)cc1. The number of hydrogen-bond donors (Lipinski definition) is 0. The van der Waals surface area contributed by atoms with E-state index in [0.29, 0.717) is 28.4 Å². The molecule has 0 atom stereocenters. The van der Waals surface area contributed by atoms with Gasteiger partial charge >= 0.3 is 0 Å². The molecule has 1 heterocycles. The Morgan fingerprint density at radius 2 is 1.92 bits per heavy atom. The Bertz CT molecular complexity index is 968. The number of fused-ring (bicyclic) bond motifs is 1. The first-order valence-corrected chi connectivity index (χ1v) is 9.80. The van der Waals surface area contributed by atoms with Crippen LogP contribution in [0.5, 0.6) is 5.75 Å². The summed E-state index contributed by atoms with van der Waals surface area (Å²) < 4.78 is 6.95. The largest absolute Gasteiger partial charge is 0.497 e. The molecule has 26 heavy (non-hydrogen) atoms. The highest BCUT2D eigenvalue weighted by atomic mass is 35.5. The van der Waals surface area contributed by atoms with Crippen LogP contribution in [-0.4, -0.2) is 16.7 Å². The van der Waals surface area contributed by atoms with Gasteiger partial charge in [0.15, 0.2) is 5.16 Å². The van der Waals surface area contributed by atoms with Gasteiger partial charge in [0.05, 0.1) is 18.0 Å². The third-order valence-corrected chi connectivity index (χ3v) is 5.24. The molecule has 0 saturated carbocycles. The van der Waals surface area contributed by atoms with Gasteiger partial charge in [-0.2, -0.15) is 0 Å². The summed E-state index contributed by atoms with van der Waals surface area (Å²) in [5.41, 5.74) is 1.79. The molecule has 136 valence electrons. The van der Waals surface area contributed by atoms with Crippen molar-refractivity contribution < 1.29 is 4.74 Å². The second-order valence-electron chi connectivity index (χ2n) is 6.50. The number of thioether (sulfide) groups is 1. The number of methoxy groups -OCH3 is 1. The lowest BCUT2D eigenvalue weighted by Crippen LogP contribution is -2.25. The van der Waals surface area contributed by atoms with Crippen LogP contribution in [0.15, 0.2) is 52.4 Å². The van der Waals surface area contributed by atoms with Crippen molar-refractivity contribution in [1.29, 1.82) is 0 Å². The van der Waals surface area contributed by atoms with Crippen molar-refractivity contribution in [3.8, 4) is 5.75 Å². The third kappa shape index (κ3) is 4.22. The van der Waals surface area contributed by atoms with Gasteiger partial charge in [0.1, 0.15) is 5.75 Å². The van der Waals surface area contributed by atoms with Gasteiger partial charge in [0.25, 0.3) is 5.56 Å². The highest BCUT2D eigenvalue weighted by molar-refractivity contribution is 7.98. The lowest BCUT2D eigenvalue weighted by molar-refractivity contribution is 0.414. The Labute approximate surface area is 162 Å². The van der Waals surface area contributed by atoms with Crippen LogP contribution in [0, 0.1) is 5.92 Å². The van der Waals surface area contributed by atoms with Crippen molar-refractivity contribution in [2.45, 2.75) is 31.3 Å². The maximum absolute atomic E-state index is 13.0. The van der Waals surface area contributed by atoms with Crippen LogP contribution in [0.1, 0.15) is 19.4 Å². The van der Waals surface area contributed by atoms with Crippen LogP contribution in [0.3, 0.4) is 0 Å². The molecule has 0 unspecified atom stereocenters. The Hall–Kier alpha value is -1.98. The van der Waals surface area contributed by atoms with Crippen molar-refractivity contribution in [3.63, 3.8) is 0 Å². The van der Waals surface area contributed by atoms with E-state index in [-0.39, 0.29) is 5.56 Å². The molecule has 2 aromatic carbocycles. The van der Waals surface area contributed by atoms with Gasteiger partial charge in [-0.3, -0.25) is 9.36 Å². The molecule has 1 aromatic heterocycles. The average Bonchev–Trinajstić information content (AvgIpc) is 2.63. The van der Waals surface area contributed by atoms with Gasteiger partial charge in [-0.15, -0.1) is 0 Å². The lowest BCUT2D eigenvalue weighted by Gasteiger charge is -2.15. The van der Waals surface area contributed by atoms with E-state index in [1.807, 2.05) is 24.3 Å². The standard InChI is InChI=1S/C20H21ClN2O2S/c1-13(2)11-23-19(24)17-10-15(21)6-9-18(17)22-20(23)26-12-14-4-7-16(25-3)8-5-14/h4-10,13H,11-12H2,1-3H3. The molecule has 0 bridgehead atoms. The van der Waals surface area contributed by atoms with Gasteiger partial charge < -0.3 is 4.74 Å². The second-order valence-corrected chi connectivity index (χ2v) is 7.88. The lowest BCUT2D eigenvalue weighted by atomic mass is 10.2. The van der Waals surface area contributed by atoms with E-state index in [0.717, 1.165) is 22.2 Å². The van der Waals surface area contributed by atoms with Crippen LogP contribution < -0.4 is 10.3 Å². The fraction of sp³-hybridized carbons (Fsp3) is 0.300. The van der Waals surface area contributed by atoms with E-state index in [2.05, 4.69) is 13.8 Å². The molecule has 3 aromatic rings. The minimum absolute atomic E-state index is 0.0385. The van der Waals surface area contributed by atoms with E-state index in [1.54, 1.807) is 41.6 Å². The van der Waals surface area contributed by atoms with E-state index >= 15 is 0 Å². The van der Waals surface area contributed by atoms with Gasteiger partial charge in [0.2, 0.25) is 0 Å². The van der Waals surface area contributed by atoms with Crippen LogP contribution in [0.25, 0.3) is 10.9 Å². The van der Waals surface area contributed by atoms with Crippen molar-refractivity contribution in [2.24, 2.45) is 5.92 Å². The highest BCUT2D eigenvalue weighted by Gasteiger charge is 2.13. The van der Waals surface area contributed by atoms with Gasteiger partial charge in [-0.25, -0.2) is 4.98 Å². The number of benzene rings is 2. The maximum atomic E-state index is 13.0. The summed E-state index contributed by atoms with van der Waals surface area (Å²) in [5.74, 6) is 1.90. The molecule has 0 aliphatic rings. The summed E-state index contributed by atoms with van der Waals surface area (Å²) in [4.78, 5) is 17.7. The van der Waals surface area contributed by atoms with E-state index in [1.165, 1.54) is 0 Å². The van der Waals surface area contributed by atoms with Crippen LogP contribution in [0.4, 0.5) is 0 Å². The molecule has 6 heteroatoms. The van der Waals surface area contributed by atoms with Gasteiger partial charge in [-0.05, 0) is 41.8 Å². The van der Waals surface area contributed by atoms with Gasteiger partial charge in [0, 0.05) is 17.3 Å². The number of ether oxygens (including phenoxy) is 1. The molecule has 4 nitrogen and oxygen atoms in total. The number of nitrogens with zero attached hydrogens (tertiary/aromatic N) is 2. The quantitative estimate of drug-likeness (QED) is 0.440. The zero-order valence-electron chi connectivity index (χ0n) is 15.0. The molecule has 0 spiro atoms. The smallest absolute Gasteiger partial charge is 0.262 e. The molecule has 0 aliphatic carbocycles. The number of hydrogen-bond acceptors (Lipinski definition) is 4. The Balaban J connectivity index is 1.96. The Morgan fingerprint density at radius 3 is 2.58 bits per heavy atom. The summed E-state index contributed by atoms with van der Waals surface area (Å²) in [6, 6.07) is 13.2. The highest BCUT2D eigenvalue weighted by Crippen LogP contribution is 2.25. The fourth-order valence-corrected chi connectivity index (χ4v) is 3.82. The monoisotopic (exact) mass is 388 g/mol. The predicted octanol–water partition coefficient (Wildman–Crippen LogP) is 5.01. The summed E-state index contributed by atoms with van der Waals surface area (Å²) in [6.45, 7) is 4.80. The van der Waals surface area contributed by atoms with E-state index in [9.17, 15) is 4.79 Å². The van der Waals surface area contributed by atoms with E-state index in [4.69, 9.17) is 21.3 Å². The number of rotatable bonds is 6. The topological polar surface area (TPSA) is 44.1 Å². The molecular formula is C20H21ClN2O2S. The maximum Gasteiger partial charge on any atom is 0.262 e. The summed E-state index contributed by atoms with van der Waals surface area (Å²) in [7, 11) is 1.65. The molecular weight excluding hydrogens is 368 g/mol. The zero-order chi connectivity index (χ0) is 18.7. The Kier molecular flexibility index (Phi) is 5.89. The average molecular weight is 389 g/mol. The Morgan fingerprint density at radius 1 is 1.19 bits per heavy atom. The van der Waals surface area contributed by atoms with Crippen LogP contribution in [-0.2, 0) is 12.3 Å². The molecule has 0 saturated heterocycles. The fourth-order valence-electron chi connectivity index (χ4n) is 2.68. The van der Waals surface area contributed by atoms with Crippen LogP contribution >= 0.6 is 23.4 Å². The predicted molar refractivity (Wildman–Crippen MR) is 108 cm³/mol. The molecule has 0 amide bonds. The molecule has 0 aliphatic heterocycles. The van der Waals surface area contributed by atoms with Gasteiger partial charge in [-0.1, -0.05) is 49.3 Å². The molecule has 3 rings (SSSR count). The van der Waals surface area contributed by atoms with Crippen molar-refractivity contribution in [2.75, 3.05) is 7.11 Å². The normalized spacial score (nSPS) is 11.3. The van der Waals surface area contributed by atoms with Crippen molar-refractivity contribution in [1.82, 2.24) is 9.55 Å². The van der Waals surface area contributed by atoms with Crippen molar-refractivity contribution in [3.05, 3.63) is 63.4 Å². The summed E-state index contributed by atoms with van der Waals surface area (Å²) in [5, 5.41) is 1.84. The minimum Gasteiger partial charge on any atom is -0.497 e. The first-order chi connectivity index (χ1) is 12.5. The summed E-state index contributed by atoms with van der Waals surface area (Å²) in [6.07, 6.45) is 0. The van der Waals surface area contributed by atoms with E-state index < -0.39 is 0 Å². The first-order valence-electron chi connectivity index (χ1n) is 8.43. The number of aromatic nitrogens is 2. The van der Waals surface area contributed by atoms with Crippen molar-refractivity contribution >= 4 is 34.3 Å². The third-order valence-electron chi connectivity index (χ3n) is 3.96. The minimum atomic E-state index is -0.0385. The molecule has 0 N–H and O–H groups in total. The second kappa shape index (κ2) is 8.14. The zero-order valence-corrected chi connectivity index (χ0v) is 16.6. The van der Waals surface area contributed by atoms with Crippen LogP contribution in [0.2, 0.25) is 5.02 Å². The first kappa shape index (κ1) is 18.8. The number of halogens is 1.